The summed E-state index contributed by atoms with van der Waals surface area (Å²) >= 11 is 0. The Labute approximate surface area is 57.6 Å². The molecule has 0 saturated carbocycles. The number of rotatable bonds is 1. The molecule has 0 aromatic carbocycles. The Kier molecular flexibility index (Phi) is 7.77. The van der Waals surface area contributed by atoms with Crippen LogP contribution in [-0.2, 0) is 0 Å². The second-order valence-corrected chi connectivity index (χ2v) is 2.17. The van der Waals surface area contributed by atoms with E-state index in [9.17, 15) is 0 Å². The lowest BCUT2D eigenvalue weighted by atomic mass is 10.3. The van der Waals surface area contributed by atoms with Crippen LogP contribution in [-0.4, -0.2) is 5.79 Å². The van der Waals surface area contributed by atoms with Gasteiger partial charge in [-0.25, -0.2) is 0 Å². The van der Waals surface area contributed by atoms with Gasteiger partial charge in [0.15, 0.2) is 0 Å². The van der Waals surface area contributed by atoms with Gasteiger partial charge in [-0.05, 0) is 6.42 Å². The second-order valence-electron chi connectivity index (χ2n) is 2.17. The van der Waals surface area contributed by atoms with E-state index in [0.29, 0.717) is 6.42 Å². The molecule has 3 nitrogen and oxygen atoms in total. The predicted octanol–water partition coefficient (Wildman–Crippen LogP) is 0.343. The molecule has 0 spiro atoms. The van der Waals surface area contributed by atoms with Crippen molar-refractivity contribution in [1.29, 1.82) is 0 Å². The van der Waals surface area contributed by atoms with E-state index in [1.165, 1.54) is 6.42 Å². The first kappa shape index (κ1) is 11.6. The maximum atomic E-state index is 5.09. The van der Waals surface area contributed by atoms with Crippen LogP contribution in [0.15, 0.2) is 0 Å². The first-order chi connectivity index (χ1) is 3.97. The molecule has 0 aromatic rings. The summed E-state index contributed by atoms with van der Waals surface area (Å²) in [6, 6.07) is 0. The Morgan fingerprint density at radius 3 is 1.11 bits per heavy atom. The van der Waals surface area contributed by atoms with Crippen LogP contribution in [0.1, 0.15) is 33.6 Å². The van der Waals surface area contributed by atoms with Crippen LogP contribution in [0.3, 0.4) is 0 Å². The molecule has 0 atom stereocenters. The first-order valence-corrected chi connectivity index (χ1v) is 3.34. The van der Waals surface area contributed by atoms with Crippen molar-refractivity contribution in [3.8, 4) is 0 Å². The van der Waals surface area contributed by atoms with Crippen LogP contribution in [0.5, 0.6) is 0 Å². The zero-order valence-corrected chi connectivity index (χ0v) is 6.65. The van der Waals surface area contributed by atoms with E-state index in [-0.39, 0.29) is 0 Å². The van der Waals surface area contributed by atoms with Gasteiger partial charge in [0.25, 0.3) is 0 Å². The van der Waals surface area contributed by atoms with Crippen LogP contribution in [0.25, 0.3) is 0 Å². The van der Waals surface area contributed by atoms with Gasteiger partial charge in [-0.15, -0.1) is 0 Å². The van der Waals surface area contributed by atoms with Crippen LogP contribution in [0, 0.1) is 0 Å². The number of hydrogen-bond donors (Lipinski definition) is 3. The van der Waals surface area contributed by atoms with Gasteiger partial charge < -0.3 is 17.2 Å². The second kappa shape index (κ2) is 6.01. The van der Waals surface area contributed by atoms with Crippen molar-refractivity contribution in [3.63, 3.8) is 0 Å². The Bertz CT molecular complexity index is 46.8. The molecule has 9 heavy (non-hydrogen) atoms. The lowest BCUT2D eigenvalue weighted by molar-refractivity contribution is 0.446. The standard InChI is InChI=1S/C3H11N3.C3H8/c1-2-3(4,5)6;1-3-2/h2,4-6H2,1H3;3H2,1-2H3. The van der Waals surface area contributed by atoms with Crippen molar-refractivity contribution in [1.82, 2.24) is 0 Å². The quantitative estimate of drug-likeness (QED) is 0.451. The van der Waals surface area contributed by atoms with Crippen molar-refractivity contribution < 1.29 is 0 Å². The summed E-state index contributed by atoms with van der Waals surface area (Å²) in [6.07, 6.45) is 1.85. The van der Waals surface area contributed by atoms with Gasteiger partial charge in [-0.2, -0.15) is 0 Å². The van der Waals surface area contributed by atoms with Crippen LogP contribution in [0.2, 0.25) is 0 Å². The maximum absolute atomic E-state index is 5.09. The fraction of sp³-hybridized carbons (Fsp3) is 1.00. The Hall–Kier alpha value is -0.120. The zero-order chi connectivity index (χ0) is 7.91. The summed E-state index contributed by atoms with van der Waals surface area (Å²) in [4.78, 5) is 0. The molecule has 0 aliphatic carbocycles. The molecule has 0 aliphatic heterocycles. The molecule has 0 radical (unpaired) electrons. The summed E-state index contributed by atoms with van der Waals surface area (Å²) in [6.45, 7) is 6.08. The van der Waals surface area contributed by atoms with Gasteiger partial charge in [-0.3, -0.25) is 0 Å². The van der Waals surface area contributed by atoms with E-state index in [2.05, 4.69) is 13.8 Å². The van der Waals surface area contributed by atoms with Gasteiger partial charge in [0.05, 0.1) is 0 Å². The van der Waals surface area contributed by atoms with Gasteiger partial charge >= 0.3 is 0 Å². The van der Waals surface area contributed by atoms with E-state index in [1.807, 2.05) is 6.92 Å². The van der Waals surface area contributed by atoms with Crippen LogP contribution >= 0.6 is 0 Å². The number of nitrogens with two attached hydrogens (primary N) is 3. The van der Waals surface area contributed by atoms with E-state index in [4.69, 9.17) is 17.2 Å². The smallest absolute Gasteiger partial charge is 0.115 e. The summed E-state index contributed by atoms with van der Waals surface area (Å²) in [5.74, 6) is -0.958. The summed E-state index contributed by atoms with van der Waals surface area (Å²) in [5.41, 5.74) is 15.3. The Morgan fingerprint density at radius 1 is 1.00 bits per heavy atom. The molecule has 0 saturated heterocycles. The molecule has 3 heteroatoms. The van der Waals surface area contributed by atoms with Crippen LogP contribution in [0.4, 0.5) is 0 Å². The average molecular weight is 133 g/mol. The zero-order valence-electron chi connectivity index (χ0n) is 6.65. The maximum Gasteiger partial charge on any atom is 0.115 e. The van der Waals surface area contributed by atoms with Crippen molar-refractivity contribution in [2.45, 2.75) is 39.4 Å². The summed E-state index contributed by atoms with van der Waals surface area (Å²) in [5, 5.41) is 0. The molecule has 6 N–H and O–H groups in total. The van der Waals surface area contributed by atoms with Gasteiger partial charge in [0.1, 0.15) is 5.79 Å². The van der Waals surface area contributed by atoms with Gasteiger partial charge in [0, 0.05) is 0 Å². The molecular formula is C6H19N3. The number of hydrogen-bond acceptors (Lipinski definition) is 3. The molecule has 0 amide bonds. The van der Waals surface area contributed by atoms with Crippen molar-refractivity contribution >= 4 is 0 Å². The fourth-order valence-electron chi connectivity index (χ4n) is 0. The minimum Gasteiger partial charge on any atom is -0.301 e. The van der Waals surface area contributed by atoms with Crippen molar-refractivity contribution in [2.75, 3.05) is 0 Å². The third-order valence-corrected chi connectivity index (χ3v) is 0.612. The monoisotopic (exact) mass is 133 g/mol. The normalized spacial score (nSPS) is 10.0. The van der Waals surface area contributed by atoms with Gasteiger partial charge in [0.2, 0.25) is 0 Å². The van der Waals surface area contributed by atoms with E-state index >= 15 is 0 Å². The minimum absolute atomic E-state index is 0.604. The molecular weight excluding hydrogens is 114 g/mol. The van der Waals surface area contributed by atoms with Crippen LogP contribution < -0.4 is 17.2 Å². The summed E-state index contributed by atoms with van der Waals surface area (Å²) in [7, 11) is 0. The molecule has 58 valence electrons. The highest BCUT2D eigenvalue weighted by Gasteiger charge is 2.04. The third kappa shape index (κ3) is 32.8. The average Bonchev–Trinajstić information content (AvgIpc) is 1.67. The predicted molar refractivity (Wildman–Crippen MR) is 41.5 cm³/mol. The lowest BCUT2D eigenvalue weighted by Crippen LogP contribution is -2.57. The van der Waals surface area contributed by atoms with E-state index in [1.54, 1.807) is 0 Å². The van der Waals surface area contributed by atoms with Crippen molar-refractivity contribution in [2.24, 2.45) is 17.2 Å². The highest BCUT2D eigenvalue weighted by Crippen LogP contribution is 1.81. The SMILES string of the molecule is CCC.CCC(N)(N)N. The molecule has 0 heterocycles. The summed E-state index contributed by atoms with van der Waals surface area (Å²) < 4.78 is 0. The molecule has 0 aromatic heterocycles. The fourth-order valence-corrected chi connectivity index (χ4v) is 0. The molecule has 0 aliphatic rings. The molecule has 0 unspecified atom stereocenters. The molecule has 0 rings (SSSR count). The Balaban J connectivity index is 0. The topological polar surface area (TPSA) is 78.1 Å². The lowest BCUT2D eigenvalue weighted by Gasteiger charge is -2.13. The third-order valence-electron chi connectivity index (χ3n) is 0.612. The van der Waals surface area contributed by atoms with Crippen molar-refractivity contribution in [3.05, 3.63) is 0 Å². The first-order valence-electron chi connectivity index (χ1n) is 3.34. The van der Waals surface area contributed by atoms with E-state index < -0.39 is 5.79 Å². The molecule has 0 fully saturated rings. The Morgan fingerprint density at radius 2 is 1.11 bits per heavy atom. The van der Waals surface area contributed by atoms with Gasteiger partial charge in [-0.1, -0.05) is 27.2 Å². The minimum atomic E-state index is -0.958. The van der Waals surface area contributed by atoms with E-state index in [0.717, 1.165) is 0 Å². The highest BCUT2D eigenvalue weighted by atomic mass is 15.1. The largest absolute Gasteiger partial charge is 0.301 e. The highest BCUT2D eigenvalue weighted by molar-refractivity contribution is 4.62. The molecule has 0 bridgehead atoms.